The van der Waals surface area contributed by atoms with Gasteiger partial charge in [-0.3, -0.25) is 4.79 Å². The predicted octanol–water partition coefficient (Wildman–Crippen LogP) is 3.75. The molecule has 2 atom stereocenters. The Morgan fingerprint density at radius 1 is 1.37 bits per heavy atom. The molecule has 2 nitrogen and oxygen atoms in total. The van der Waals surface area contributed by atoms with Crippen LogP contribution in [0.2, 0.25) is 0 Å². The average molecular weight is 271 g/mol. The first kappa shape index (κ1) is 12.7. The number of hydrogen-bond acceptors (Lipinski definition) is 3. The Bertz CT molecular complexity index is 523. The molecule has 19 heavy (non-hydrogen) atoms. The first-order valence-corrected chi connectivity index (χ1v) is 7.81. The van der Waals surface area contributed by atoms with Crippen molar-refractivity contribution in [2.24, 2.45) is 5.41 Å². The third-order valence-corrected chi connectivity index (χ3v) is 5.61. The van der Waals surface area contributed by atoms with E-state index in [1.165, 1.54) is 10.5 Å². The largest absolute Gasteiger partial charge is 0.298 e. The average Bonchev–Trinajstić information content (AvgIpc) is 2.83. The summed E-state index contributed by atoms with van der Waals surface area (Å²) in [5, 5.41) is 9.90. The van der Waals surface area contributed by atoms with Crippen molar-refractivity contribution in [2.75, 3.05) is 0 Å². The first-order valence-electron chi connectivity index (χ1n) is 6.93. The van der Waals surface area contributed by atoms with Crippen LogP contribution in [0.15, 0.2) is 29.2 Å². The number of carbonyl (C=O) groups excluding carboxylic acids is 1. The second kappa shape index (κ2) is 5.02. The molecular formula is C16H17NOS. The van der Waals surface area contributed by atoms with Crippen LogP contribution in [0.4, 0.5) is 0 Å². The number of fused-ring (bicyclic) bond motifs is 1. The Morgan fingerprint density at radius 3 is 2.95 bits per heavy atom. The van der Waals surface area contributed by atoms with E-state index >= 15 is 0 Å². The van der Waals surface area contributed by atoms with Crippen molar-refractivity contribution in [3.63, 3.8) is 0 Å². The molecule has 3 heteroatoms. The third-order valence-electron chi connectivity index (χ3n) is 4.30. The van der Waals surface area contributed by atoms with Crippen LogP contribution in [0.1, 0.15) is 37.7 Å². The Labute approximate surface area is 118 Å². The van der Waals surface area contributed by atoms with Gasteiger partial charge in [-0.05, 0) is 37.3 Å². The van der Waals surface area contributed by atoms with Crippen LogP contribution in [0.25, 0.3) is 0 Å². The van der Waals surface area contributed by atoms with Gasteiger partial charge >= 0.3 is 0 Å². The highest BCUT2D eigenvalue weighted by Crippen LogP contribution is 2.45. The van der Waals surface area contributed by atoms with Gasteiger partial charge in [0.05, 0.1) is 6.07 Å². The molecule has 0 saturated heterocycles. The molecule has 0 amide bonds. The van der Waals surface area contributed by atoms with E-state index < -0.39 is 5.41 Å². The number of hydrogen-bond donors (Lipinski definition) is 0. The minimum absolute atomic E-state index is 0.179. The van der Waals surface area contributed by atoms with Gasteiger partial charge < -0.3 is 0 Å². The van der Waals surface area contributed by atoms with Crippen molar-refractivity contribution < 1.29 is 4.79 Å². The zero-order valence-electron chi connectivity index (χ0n) is 10.9. The number of carbonyl (C=O) groups is 1. The highest BCUT2D eigenvalue weighted by Gasteiger charge is 2.43. The van der Waals surface area contributed by atoms with Crippen LogP contribution < -0.4 is 0 Å². The van der Waals surface area contributed by atoms with Crippen molar-refractivity contribution in [1.82, 2.24) is 0 Å². The third kappa shape index (κ3) is 2.30. The summed E-state index contributed by atoms with van der Waals surface area (Å²) in [6.07, 6.45) is 5.05. The molecule has 1 saturated carbocycles. The van der Waals surface area contributed by atoms with E-state index in [1.54, 1.807) is 0 Å². The lowest BCUT2D eigenvalue weighted by molar-refractivity contribution is -0.128. The summed E-state index contributed by atoms with van der Waals surface area (Å²) in [6, 6.07) is 10.8. The van der Waals surface area contributed by atoms with Gasteiger partial charge in [-0.25, -0.2) is 0 Å². The van der Waals surface area contributed by atoms with E-state index in [2.05, 4.69) is 30.3 Å². The van der Waals surface area contributed by atoms with Gasteiger partial charge in [0.2, 0.25) is 0 Å². The molecule has 1 aromatic rings. The summed E-state index contributed by atoms with van der Waals surface area (Å²) in [6.45, 7) is 0. The number of nitriles is 1. The molecule has 1 aliphatic carbocycles. The monoisotopic (exact) mass is 271 g/mol. The van der Waals surface area contributed by atoms with Gasteiger partial charge in [0.25, 0.3) is 0 Å². The van der Waals surface area contributed by atoms with Gasteiger partial charge in [-0.15, -0.1) is 11.8 Å². The fourth-order valence-corrected chi connectivity index (χ4v) is 4.68. The lowest BCUT2D eigenvalue weighted by Crippen LogP contribution is -2.35. The number of nitrogens with zero attached hydrogens (tertiary/aromatic N) is 1. The predicted molar refractivity (Wildman–Crippen MR) is 75.9 cm³/mol. The molecule has 2 aliphatic rings. The first-order chi connectivity index (χ1) is 9.23. The SMILES string of the molecule is N#CC1(CC2Cc3ccccc3S2)CCCCC1=O. The number of rotatable bonds is 2. The summed E-state index contributed by atoms with van der Waals surface area (Å²) in [5.41, 5.74) is 0.673. The maximum Gasteiger partial charge on any atom is 0.153 e. The molecule has 3 rings (SSSR count). The summed E-state index contributed by atoms with van der Waals surface area (Å²) in [7, 11) is 0. The van der Waals surface area contributed by atoms with E-state index in [-0.39, 0.29) is 5.78 Å². The minimum Gasteiger partial charge on any atom is -0.298 e. The van der Waals surface area contributed by atoms with Crippen LogP contribution in [-0.4, -0.2) is 11.0 Å². The number of ketones is 1. The van der Waals surface area contributed by atoms with Crippen molar-refractivity contribution in [3.05, 3.63) is 29.8 Å². The van der Waals surface area contributed by atoms with Gasteiger partial charge in [-0.2, -0.15) is 5.26 Å². The molecule has 1 aliphatic heterocycles. The highest BCUT2D eigenvalue weighted by molar-refractivity contribution is 8.00. The van der Waals surface area contributed by atoms with Crippen molar-refractivity contribution in [2.45, 2.75) is 48.7 Å². The molecule has 1 aromatic carbocycles. The molecular weight excluding hydrogens is 254 g/mol. The molecule has 0 N–H and O–H groups in total. The lowest BCUT2D eigenvalue weighted by Gasteiger charge is -2.31. The molecule has 1 fully saturated rings. The van der Waals surface area contributed by atoms with E-state index in [4.69, 9.17) is 0 Å². The van der Waals surface area contributed by atoms with E-state index in [1.807, 2.05) is 11.8 Å². The summed E-state index contributed by atoms with van der Waals surface area (Å²) in [5.74, 6) is 0.179. The van der Waals surface area contributed by atoms with Crippen LogP contribution in [0.3, 0.4) is 0 Å². The molecule has 98 valence electrons. The number of thioether (sulfide) groups is 1. The normalized spacial score (nSPS) is 29.8. The molecule has 0 bridgehead atoms. The van der Waals surface area contributed by atoms with Crippen LogP contribution in [0, 0.1) is 16.7 Å². The van der Waals surface area contributed by atoms with E-state index in [9.17, 15) is 10.1 Å². The topological polar surface area (TPSA) is 40.9 Å². The van der Waals surface area contributed by atoms with Gasteiger partial charge in [0.15, 0.2) is 5.78 Å². The molecule has 1 heterocycles. The Hall–Kier alpha value is -1.27. The second-order valence-corrected chi connectivity index (χ2v) is 6.92. The summed E-state index contributed by atoms with van der Waals surface area (Å²) < 4.78 is 0. The zero-order chi connectivity index (χ0) is 13.3. The molecule has 0 radical (unpaired) electrons. The fraction of sp³-hybridized carbons (Fsp3) is 0.500. The Morgan fingerprint density at radius 2 is 2.21 bits per heavy atom. The number of benzene rings is 1. The highest BCUT2D eigenvalue weighted by atomic mass is 32.2. The second-order valence-electron chi connectivity index (χ2n) is 5.58. The van der Waals surface area contributed by atoms with Gasteiger partial charge in [0, 0.05) is 16.6 Å². The lowest BCUT2D eigenvalue weighted by atomic mass is 9.71. The molecule has 2 unspecified atom stereocenters. The molecule has 0 aromatic heterocycles. The van der Waals surface area contributed by atoms with Crippen molar-refractivity contribution in [1.29, 1.82) is 5.26 Å². The van der Waals surface area contributed by atoms with E-state index in [0.717, 1.165) is 32.1 Å². The van der Waals surface area contributed by atoms with Crippen molar-refractivity contribution in [3.8, 4) is 6.07 Å². The Kier molecular flexibility index (Phi) is 3.36. The zero-order valence-corrected chi connectivity index (χ0v) is 11.7. The van der Waals surface area contributed by atoms with Crippen molar-refractivity contribution >= 4 is 17.5 Å². The Balaban J connectivity index is 1.76. The quantitative estimate of drug-likeness (QED) is 0.822. The number of Topliss-reactive ketones (excluding diaryl/α,β-unsaturated/α-hetero) is 1. The van der Waals surface area contributed by atoms with Crippen LogP contribution in [0.5, 0.6) is 0 Å². The van der Waals surface area contributed by atoms with Gasteiger partial charge in [0.1, 0.15) is 5.41 Å². The fourth-order valence-electron chi connectivity index (χ4n) is 3.23. The van der Waals surface area contributed by atoms with Crippen LogP contribution >= 0.6 is 11.8 Å². The standard InChI is InChI=1S/C16H17NOS/c17-11-16(8-4-3-7-15(16)18)10-13-9-12-5-1-2-6-14(12)19-13/h1-2,5-6,13H,3-4,7-10H2. The summed E-state index contributed by atoms with van der Waals surface area (Å²) in [4.78, 5) is 13.5. The minimum atomic E-state index is -0.696. The van der Waals surface area contributed by atoms with Gasteiger partial charge in [-0.1, -0.05) is 24.6 Å². The smallest absolute Gasteiger partial charge is 0.153 e. The molecule has 0 spiro atoms. The summed E-state index contributed by atoms with van der Waals surface area (Å²) >= 11 is 1.84. The van der Waals surface area contributed by atoms with E-state index in [0.29, 0.717) is 11.7 Å². The van der Waals surface area contributed by atoms with Crippen LogP contribution in [-0.2, 0) is 11.2 Å². The maximum absolute atomic E-state index is 12.2. The maximum atomic E-state index is 12.2.